The fraction of sp³-hybridized carbons (Fsp3) is 0.250. The van der Waals surface area contributed by atoms with Crippen LogP contribution in [0.5, 0.6) is 11.5 Å². The van der Waals surface area contributed by atoms with Gasteiger partial charge in [-0.05, 0) is 35.7 Å². The molecule has 0 heterocycles. The monoisotopic (exact) mass is 293 g/mol. The van der Waals surface area contributed by atoms with Crippen molar-refractivity contribution >= 4 is 12.4 Å². The summed E-state index contributed by atoms with van der Waals surface area (Å²) in [5, 5.41) is 0. The lowest BCUT2D eigenvalue weighted by atomic mass is 10.0. The van der Waals surface area contributed by atoms with Crippen LogP contribution < -0.4 is 15.2 Å². The van der Waals surface area contributed by atoms with Gasteiger partial charge in [-0.1, -0.05) is 30.3 Å². The first kappa shape index (κ1) is 16.3. The van der Waals surface area contributed by atoms with Gasteiger partial charge < -0.3 is 15.2 Å². The molecule has 2 aromatic carbocycles. The van der Waals surface area contributed by atoms with Gasteiger partial charge in [-0.3, -0.25) is 0 Å². The van der Waals surface area contributed by atoms with Crippen LogP contribution in [0.2, 0.25) is 0 Å². The minimum Gasteiger partial charge on any atom is -0.493 e. The Bertz CT molecular complexity index is 558. The highest BCUT2D eigenvalue weighted by molar-refractivity contribution is 5.85. The molecule has 0 fully saturated rings. The highest BCUT2D eigenvalue weighted by atomic mass is 35.5. The average Bonchev–Trinajstić information content (AvgIpc) is 2.45. The van der Waals surface area contributed by atoms with Crippen molar-refractivity contribution in [3.63, 3.8) is 0 Å². The van der Waals surface area contributed by atoms with Gasteiger partial charge in [-0.15, -0.1) is 12.4 Å². The minimum absolute atomic E-state index is 0. The maximum absolute atomic E-state index is 5.55. The van der Waals surface area contributed by atoms with Crippen molar-refractivity contribution in [2.45, 2.75) is 6.92 Å². The van der Waals surface area contributed by atoms with Crippen LogP contribution in [0.25, 0.3) is 11.1 Å². The van der Waals surface area contributed by atoms with Crippen LogP contribution in [0.4, 0.5) is 0 Å². The molecule has 0 aromatic heterocycles. The normalized spacial score (nSPS) is 9.75. The van der Waals surface area contributed by atoms with Crippen LogP contribution in [-0.4, -0.2) is 20.3 Å². The molecule has 3 nitrogen and oxygen atoms in total. The standard InChI is InChI=1S/C16H19NO2.ClH/c1-12-5-3-4-6-14(12)13-7-8-15(19-10-9-17)16(11-13)18-2;/h3-8,11H,9-10,17H2,1-2H3;1H. The fourth-order valence-corrected chi connectivity index (χ4v) is 2.02. The first-order valence-electron chi connectivity index (χ1n) is 6.33. The van der Waals surface area contributed by atoms with E-state index in [0.717, 1.165) is 17.1 Å². The lowest BCUT2D eigenvalue weighted by Crippen LogP contribution is -2.11. The van der Waals surface area contributed by atoms with Gasteiger partial charge in [0.2, 0.25) is 0 Å². The van der Waals surface area contributed by atoms with E-state index < -0.39 is 0 Å². The Morgan fingerprint density at radius 2 is 1.80 bits per heavy atom. The largest absolute Gasteiger partial charge is 0.493 e. The molecule has 4 heteroatoms. The van der Waals surface area contributed by atoms with Gasteiger partial charge in [0, 0.05) is 6.54 Å². The van der Waals surface area contributed by atoms with E-state index in [1.165, 1.54) is 11.1 Å². The van der Waals surface area contributed by atoms with Crippen molar-refractivity contribution in [3.05, 3.63) is 48.0 Å². The first-order chi connectivity index (χ1) is 9.26. The molecule has 0 atom stereocenters. The number of nitrogens with two attached hydrogens (primary N) is 1. The van der Waals surface area contributed by atoms with E-state index in [9.17, 15) is 0 Å². The molecule has 0 radical (unpaired) electrons. The molecule has 108 valence electrons. The summed E-state index contributed by atoms with van der Waals surface area (Å²) in [6, 6.07) is 14.2. The molecule has 0 aliphatic rings. The first-order valence-corrected chi connectivity index (χ1v) is 6.33. The maximum Gasteiger partial charge on any atom is 0.161 e. The number of methoxy groups -OCH3 is 1. The minimum atomic E-state index is 0. The Kier molecular flexibility index (Phi) is 6.36. The molecule has 0 bridgehead atoms. The summed E-state index contributed by atoms with van der Waals surface area (Å²) in [6.07, 6.45) is 0. The Morgan fingerprint density at radius 3 is 2.45 bits per heavy atom. The highest BCUT2D eigenvalue weighted by Gasteiger charge is 2.08. The third kappa shape index (κ3) is 3.65. The number of halogens is 1. The molecular weight excluding hydrogens is 274 g/mol. The molecule has 0 saturated carbocycles. The summed E-state index contributed by atoms with van der Waals surface area (Å²) in [5.41, 5.74) is 9.00. The second kappa shape index (κ2) is 7.78. The van der Waals surface area contributed by atoms with E-state index in [-0.39, 0.29) is 12.4 Å². The summed E-state index contributed by atoms with van der Waals surface area (Å²) < 4.78 is 10.9. The Hall–Kier alpha value is -1.71. The van der Waals surface area contributed by atoms with Crippen LogP contribution in [0.3, 0.4) is 0 Å². The zero-order valence-corrected chi connectivity index (χ0v) is 12.6. The van der Waals surface area contributed by atoms with E-state index in [1.54, 1.807) is 7.11 Å². The topological polar surface area (TPSA) is 44.5 Å². The summed E-state index contributed by atoms with van der Waals surface area (Å²) >= 11 is 0. The number of benzene rings is 2. The van der Waals surface area contributed by atoms with E-state index in [1.807, 2.05) is 30.3 Å². The quantitative estimate of drug-likeness (QED) is 0.918. The van der Waals surface area contributed by atoms with Gasteiger partial charge in [-0.2, -0.15) is 0 Å². The van der Waals surface area contributed by atoms with Gasteiger partial charge in [0.15, 0.2) is 11.5 Å². The van der Waals surface area contributed by atoms with Gasteiger partial charge in [-0.25, -0.2) is 0 Å². The Balaban J connectivity index is 0.00000200. The average molecular weight is 294 g/mol. The second-order valence-electron chi connectivity index (χ2n) is 4.32. The van der Waals surface area contributed by atoms with Gasteiger partial charge in [0.1, 0.15) is 6.61 Å². The third-order valence-corrected chi connectivity index (χ3v) is 3.00. The third-order valence-electron chi connectivity index (χ3n) is 3.00. The molecule has 0 saturated heterocycles. The van der Waals surface area contributed by atoms with Crippen LogP contribution >= 0.6 is 12.4 Å². The SMILES string of the molecule is COc1cc(-c2ccccc2C)ccc1OCCN.Cl. The van der Waals surface area contributed by atoms with E-state index in [4.69, 9.17) is 15.2 Å². The van der Waals surface area contributed by atoms with Gasteiger partial charge >= 0.3 is 0 Å². The molecule has 0 amide bonds. The van der Waals surface area contributed by atoms with E-state index in [0.29, 0.717) is 13.2 Å². The Labute approximate surface area is 126 Å². The highest BCUT2D eigenvalue weighted by Crippen LogP contribution is 2.33. The van der Waals surface area contributed by atoms with Gasteiger partial charge in [0.25, 0.3) is 0 Å². The lowest BCUT2D eigenvalue weighted by Gasteiger charge is -2.12. The number of hydrogen-bond acceptors (Lipinski definition) is 3. The van der Waals surface area contributed by atoms with Crippen molar-refractivity contribution in [1.82, 2.24) is 0 Å². The summed E-state index contributed by atoms with van der Waals surface area (Å²) in [6.45, 7) is 3.07. The predicted molar refractivity (Wildman–Crippen MR) is 85.0 cm³/mol. The van der Waals surface area contributed by atoms with Crippen LogP contribution in [0, 0.1) is 6.92 Å². The van der Waals surface area contributed by atoms with Gasteiger partial charge in [0.05, 0.1) is 7.11 Å². The molecule has 2 N–H and O–H groups in total. The fourth-order valence-electron chi connectivity index (χ4n) is 2.02. The van der Waals surface area contributed by atoms with Crippen molar-refractivity contribution in [3.8, 4) is 22.6 Å². The van der Waals surface area contributed by atoms with Crippen LogP contribution in [-0.2, 0) is 0 Å². The zero-order valence-electron chi connectivity index (χ0n) is 11.8. The molecular formula is C16H20ClNO2. The Morgan fingerprint density at radius 1 is 1.05 bits per heavy atom. The molecule has 0 aliphatic carbocycles. The molecule has 0 unspecified atom stereocenters. The van der Waals surface area contributed by atoms with Crippen molar-refractivity contribution in [2.24, 2.45) is 5.73 Å². The van der Waals surface area contributed by atoms with E-state index in [2.05, 4.69) is 19.1 Å². The molecule has 0 spiro atoms. The second-order valence-corrected chi connectivity index (χ2v) is 4.32. The molecule has 2 rings (SSSR count). The lowest BCUT2D eigenvalue weighted by molar-refractivity contribution is 0.302. The zero-order chi connectivity index (χ0) is 13.7. The van der Waals surface area contributed by atoms with Crippen molar-refractivity contribution in [1.29, 1.82) is 0 Å². The van der Waals surface area contributed by atoms with Crippen molar-refractivity contribution < 1.29 is 9.47 Å². The molecule has 2 aromatic rings. The van der Waals surface area contributed by atoms with Crippen LogP contribution in [0.1, 0.15) is 5.56 Å². The predicted octanol–water partition coefficient (Wildman–Crippen LogP) is 3.43. The molecule has 20 heavy (non-hydrogen) atoms. The number of aryl methyl sites for hydroxylation is 1. The van der Waals surface area contributed by atoms with Crippen LogP contribution in [0.15, 0.2) is 42.5 Å². The number of ether oxygens (including phenoxy) is 2. The number of rotatable bonds is 5. The summed E-state index contributed by atoms with van der Waals surface area (Å²) in [4.78, 5) is 0. The smallest absolute Gasteiger partial charge is 0.161 e. The summed E-state index contributed by atoms with van der Waals surface area (Å²) in [7, 11) is 1.65. The number of hydrogen-bond donors (Lipinski definition) is 1. The maximum atomic E-state index is 5.55. The van der Waals surface area contributed by atoms with Crippen molar-refractivity contribution in [2.75, 3.05) is 20.3 Å². The molecule has 0 aliphatic heterocycles. The van der Waals surface area contributed by atoms with E-state index >= 15 is 0 Å². The summed E-state index contributed by atoms with van der Waals surface area (Å²) in [5.74, 6) is 1.46.